The summed E-state index contributed by atoms with van der Waals surface area (Å²) in [5.74, 6) is 0.800. The Labute approximate surface area is 214 Å². The molecule has 4 rings (SSSR count). The van der Waals surface area contributed by atoms with Crippen molar-refractivity contribution >= 4 is 36.0 Å². The molecule has 0 unspecified atom stereocenters. The molecule has 1 heterocycles. The molecular formula is C29H27N3O5. The van der Waals surface area contributed by atoms with Crippen LogP contribution in [0, 0.1) is 6.92 Å². The van der Waals surface area contributed by atoms with Crippen LogP contribution >= 0.6 is 0 Å². The molecule has 0 aliphatic heterocycles. The zero-order valence-corrected chi connectivity index (χ0v) is 20.7. The van der Waals surface area contributed by atoms with Gasteiger partial charge in [-0.25, -0.2) is 4.79 Å². The van der Waals surface area contributed by atoms with Gasteiger partial charge in [-0.2, -0.15) is 9.78 Å². The fraction of sp³-hybridized carbons (Fsp3) is 0.103. The summed E-state index contributed by atoms with van der Waals surface area (Å²) < 4.78 is 11.6. The zero-order valence-electron chi connectivity index (χ0n) is 20.7. The van der Waals surface area contributed by atoms with Crippen LogP contribution in [0.3, 0.4) is 0 Å². The van der Waals surface area contributed by atoms with Gasteiger partial charge in [0.05, 0.1) is 25.6 Å². The number of aromatic hydroxyl groups is 2. The Morgan fingerprint density at radius 2 is 1.38 bits per heavy atom. The maximum atomic E-state index is 13.1. The van der Waals surface area contributed by atoms with E-state index in [2.05, 4.69) is 10.4 Å². The van der Waals surface area contributed by atoms with E-state index in [-0.39, 0.29) is 11.5 Å². The summed E-state index contributed by atoms with van der Waals surface area (Å²) in [6.45, 7) is 1.97. The summed E-state index contributed by atoms with van der Waals surface area (Å²) in [7, 11) is 2.97. The number of methoxy groups -OCH3 is 2. The van der Waals surface area contributed by atoms with Gasteiger partial charge in [-0.1, -0.05) is 42.0 Å². The molecule has 4 aromatic rings. The Morgan fingerprint density at radius 3 is 1.95 bits per heavy atom. The number of carbonyl (C=O) groups is 1. The van der Waals surface area contributed by atoms with Gasteiger partial charge in [-0.05, 0) is 72.7 Å². The number of hydrogen-bond acceptors (Lipinski definition) is 6. The van der Waals surface area contributed by atoms with Gasteiger partial charge in [0.15, 0.2) is 23.0 Å². The highest BCUT2D eigenvalue weighted by Crippen LogP contribution is 2.28. The predicted octanol–water partition coefficient (Wildman–Crippen LogP) is 6.04. The molecule has 0 aliphatic rings. The second-order valence-electron chi connectivity index (χ2n) is 8.23. The predicted molar refractivity (Wildman–Crippen MR) is 145 cm³/mol. The summed E-state index contributed by atoms with van der Waals surface area (Å²) in [5.41, 5.74) is 4.39. The maximum Gasteiger partial charge on any atom is 0.347 e. The normalized spacial score (nSPS) is 11.2. The molecule has 0 saturated carbocycles. The molecule has 0 aliphatic carbocycles. The number of aryl methyl sites for hydroxylation is 1. The zero-order chi connectivity index (χ0) is 26.4. The molecule has 1 amide bonds. The van der Waals surface area contributed by atoms with Crippen molar-refractivity contribution in [3.8, 4) is 23.0 Å². The third-order valence-corrected chi connectivity index (χ3v) is 5.55. The minimum atomic E-state index is -0.419. The molecule has 0 radical (unpaired) electrons. The van der Waals surface area contributed by atoms with Gasteiger partial charge in [-0.15, -0.1) is 0 Å². The van der Waals surface area contributed by atoms with Crippen molar-refractivity contribution in [1.82, 2.24) is 9.78 Å². The number of carbonyl (C=O) groups excluding carboxylic acids is 1. The van der Waals surface area contributed by atoms with Crippen LogP contribution in [0.2, 0.25) is 0 Å². The Bertz CT molecular complexity index is 1470. The topological polar surface area (TPSA) is 106 Å². The van der Waals surface area contributed by atoms with E-state index in [1.54, 1.807) is 60.7 Å². The van der Waals surface area contributed by atoms with Crippen LogP contribution in [0.1, 0.15) is 28.1 Å². The molecule has 1 aromatic heterocycles. The lowest BCUT2D eigenvalue weighted by atomic mass is 10.1. The lowest BCUT2D eigenvalue weighted by Gasteiger charge is -2.07. The molecule has 37 heavy (non-hydrogen) atoms. The molecule has 0 fully saturated rings. The standard InChI is InChI=1S/C29H27N3O5/c1-19-4-10-22(11-5-19)30-29(35)32-24(13-7-21-9-15-26(34)28(17-21)37-3)18-23(31-32)12-6-20-8-14-25(33)27(16-20)36-2/h4-18,33-34H,1-3H3,(H,30,35)/b12-6+,13-7+. The van der Waals surface area contributed by atoms with Crippen LogP contribution in [-0.4, -0.2) is 40.2 Å². The summed E-state index contributed by atoms with van der Waals surface area (Å²) in [6, 6.07) is 18.8. The molecule has 0 atom stereocenters. The summed E-state index contributed by atoms with van der Waals surface area (Å²) >= 11 is 0. The van der Waals surface area contributed by atoms with Crippen molar-refractivity contribution in [2.75, 3.05) is 19.5 Å². The average molecular weight is 498 g/mol. The maximum absolute atomic E-state index is 13.1. The van der Waals surface area contributed by atoms with Gasteiger partial charge in [0.25, 0.3) is 0 Å². The fourth-order valence-electron chi connectivity index (χ4n) is 3.55. The number of ether oxygens (including phenoxy) is 2. The molecule has 188 valence electrons. The van der Waals surface area contributed by atoms with Crippen molar-refractivity contribution in [2.45, 2.75) is 6.92 Å². The number of nitrogens with one attached hydrogen (secondary N) is 1. The number of phenolic OH excluding ortho intramolecular Hbond substituents is 2. The van der Waals surface area contributed by atoms with E-state index in [1.807, 2.05) is 37.3 Å². The van der Waals surface area contributed by atoms with E-state index in [1.165, 1.54) is 18.9 Å². The monoisotopic (exact) mass is 497 g/mol. The number of benzene rings is 3. The van der Waals surface area contributed by atoms with Crippen LogP contribution in [0.4, 0.5) is 10.5 Å². The van der Waals surface area contributed by atoms with Crippen molar-refractivity contribution in [2.24, 2.45) is 0 Å². The van der Waals surface area contributed by atoms with E-state index in [0.29, 0.717) is 28.6 Å². The highest BCUT2D eigenvalue weighted by atomic mass is 16.5. The number of aromatic nitrogens is 2. The first-order chi connectivity index (χ1) is 17.9. The van der Waals surface area contributed by atoms with Crippen molar-refractivity contribution in [3.05, 3.63) is 94.8 Å². The van der Waals surface area contributed by atoms with Crippen molar-refractivity contribution in [3.63, 3.8) is 0 Å². The Morgan fingerprint density at radius 1 is 0.811 bits per heavy atom. The van der Waals surface area contributed by atoms with Crippen LogP contribution in [-0.2, 0) is 0 Å². The molecule has 0 bridgehead atoms. The van der Waals surface area contributed by atoms with E-state index in [0.717, 1.165) is 16.7 Å². The largest absolute Gasteiger partial charge is 0.504 e. The van der Waals surface area contributed by atoms with Crippen molar-refractivity contribution < 1.29 is 24.5 Å². The van der Waals surface area contributed by atoms with Gasteiger partial charge in [0.1, 0.15) is 0 Å². The Kier molecular flexibility index (Phi) is 7.59. The van der Waals surface area contributed by atoms with Gasteiger partial charge in [0.2, 0.25) is 0 Å². The number of amides is 1. The van der Waals surface area contributed by atoms with E-state index >= 15 is 0 Å². The van der Waals surface area contributed by atoms with Crippen LogP contribution in [0.15, 0.2) is 66.7 Å². The molecule has 0 saturated heterocycles. The molecule has 0 spiro atoms. The first kappa shape index (κ1) is 25.1. The molecule has 3 N–H and O–H groups in total. The molecule has 8 heteroatoms. The van der Waals surface area contributed by atoms with Gasteiger partial charge >= 0.3 is 6.03 Å². The number of anilines is 1. The Balaban J connectivity index is 1.66. The third kappa shape index (κ3) is 6.18. The minimum absolute atomic E-state index is 0.0421. The lowest BCUT2D eigenvalue weighted by molar-refractivity contribution is 0.250. The number of rotatable bonds is 7. The van der Waals surface area contributed by atoms with E-state index < -0.39 is 6.03 Å². The molecule has 8 nitrogen and oxygen atoms in total. The van der Waals surface area contributed by atoms with Crippen molar-refractivity contribution in [1.29, 1.82) is 0 Å². The third-order valence-electron chi connectivity index (χ3n) is 5.55. The van der Waals surface area contributed by atoms with Crippen LogP contribution < -0.4 is 14.8 Å². The second-order valence-corrected chi connectivity index (χ2v) is 8.23. The van der Waals surface area contributed by atoms with Crippen LogP contribution in [0.25, 0.3) is 24.3 Å². The average Bonchev–Trinajstić information content (AvgIpc) is 3.32. The highest BCUT2D eigenvalue weighted by Gasteiger charge is 2.13. The second kappa shape index (κ2) is 11.2. The Hall–Kier alpha value is -4.98. The first-order valence-corrected chi connectivity index (χ1v) is 11.4. The number of nitrogens with zero attached hydrogens (tertiary/aromatic N) is 2. The summed E-state index contributed by atoms with van der Waals surface area (Å²) in [5, 5.41) is 27.0. The minimum Gasteiger partial charge on any atom is -0.504 e. The quantitative estimate of drug-likeness (QED) is 0.287. The number of hydrogen-bond donors (Lipinski definition) is 3. The first-order valence-electron chi connectivity index (χ1n) is 11.4. The highest BCUT2D eigenvalue weighted by molar-refractivity contribution is 5.92. The van der Waals surface area contributed by atoms with Crippen LogP contribution in [0.5, 0.6) is 23.0 Å². The fourth-order valence-corrected chi connectivity index (χ4v) is 3.55. The van der Waals surface area contributed by atoms with Gasteiger partial charge < -0.3 is 25.0 Å². The van der Waals surface area contributed by atoms with Gasteiger partial charge in [0, 0.05) is 5.69 Å². The van der Waals surface area contributed by atoms with E-state index in [9.17, 15) is 15.0 Å². The molecular weight excluding hydrogens is 470 g/mol. The lowest BCUT2D eigenvalue weighted by Crippen LogP contribution is -2.21. The smallest absolute Gasteiger partial charge is 0.347 e. The summed E-state index contributed by atoms with van der Waals surface area (Å²) in [4.78, 5) is 13.1. The molecule has 3 aromatic carbocycles. The van der Waals surface area contributed by atoms with E-state index in [4.69, 9.17) is 9.47 Å². The van der Waals surface area contributed by atoms with Gasteiger partial charge in [-0.3, -0.25) is 0 Å². The summed E-state index contributed by atoms with van der Waals surface area (Å²) in [6.07, 6.45) is 7.13. The SMILES string of the molecule is COc1cc(/C=C/c2cc(/C=C/c3ccc(O)c(OC)c3)n(C(=O)Nc3ccc(C)cc3)n2)ccc1O. The number of phenols is 2.